The molecule has 1 atom stereocenters. The molecule has 3 nitrogen and oxygen atoms in total. The van der Waals surface area contributed by atoms with Crippen LogP contribution in [0.2, 0.25) is 0 Å². The highest BCUT2D eigenvalue weighted by atomic mass is 16.5. The summed E-state index contributed by atoms with van der Waals surface area (Å²) in [6.07, 6.45) is 0.921. The third-order valence-corrected chi connectivity index (χ3v) is 2.35. The van der Waals surface area contributed by atoms with Gasteiger partial charge < -0.3 is 10.1 Å². The summed E-state index contributed by atoms with van der Waals surface area (Å²) in [6.45, 7) is 4.85. The lowest BCUT2D eigenvalue weighted by molar-refractivity contribution is -0.145. The number of hydrogen-bond donors (Lipinski definition) is 1. The Kier molecular flexibility index (Phi) is 5.57. The Morgan fingerprint density at radius 3 is 2.69 bits per heavy atom. The van der Waals surface area contributed by atoms with E-state index < -0.39 is 0 Å². The molecule has 0 aliphatic carbocycles. The van der Waals surface area contributed by atoms with E-state index in [4.69, 9.17) is 4.74 Å². The molecule has 88 valence electrons. The summed E-state index contributed by atoms with van der Waals surface area (Å²) >= 11 is 0. The van der Waals surface area contributed by atoms with E-state index in [-0.39, 0.29) is 12.0 Å². The van der Waals surface area contributed by atoms with Gasteiger partial charge in [-0.25, -0.2) is 0 Å². The average molecular weight is 221 g/mol. The summed E-state index contributed by atoms with van der Waals surface area (Å²) in [4.78, 5) is 11.3. The van der Waals surface area contributed by atoms with E-state index in [0.717, 1.165) is 13.0 Å². The Bertz CT molecular complexity index is 311. The number of nitrogens with one attached hydrogen (secondary N) is 1. The molecule has 1 aromatic carbocycles. The summed E-state index contributed by atoms with van der Waals surface area (Å²) in [5.41, 5.74) is 1.27. The predicted molar refractivity (Wildman–Crippen MR) is 64.2 cm³/mol. The number of carbonyl (C=O) groups is 1. The highest BCUT2D eigenvalue weighted by Crippen LogP contribution is 1.98. The fourth-order valence-electron chi connectivity index (χ4n) is 1.43. The van der Waals surface area contributed by atoms with Crippen molar-refractivity contribution in [1.29, 1.82) is 0 Å². The van der Waals surface area contributed by atoms with Gasteiger partial charge >= 0.3 is 5.97 Å². The number of rotatable bonds is 6. The minimum absolute atomic E-state index is 0.185. The molecule has 0 aliphatic rings. The van der Waals surface area contributed by atoms with Gasteiger partial charge in [-0.3, -0.25) is 4.79 Å². The molecule has 0 heterocycles. The van der Waals surface area contributed by atoms with E-state index in [9.17, 15) is 4.79 Å². The fourth-order valence-corrected chi connectivity index (χ4v) is 1.43. The summed E-state index contributed by atoms with van der Waals surface area (Å²) in [5, 5.41) is 3.14. The van der Waals surface area contributed by atoms with Crippen molar-refractivity contribution in [2.24, 2.45) is 0 Å². The number of esters is 1. The van der Waals surface area contributed by atoms with Crippen LogP contribution in [0.3, 0.4) is 0 Å². The zero-order valence-corrected chi connectivity index (χ0v) is 9.90. The average Bonchev–Trinajstić information content (AvgIpc) is 2.30. The SMILES string of the molecule is CCOC(=O)C(C)NCCc1ccccc1. The van der Waals surface area contributed by atoms with Gasteiger partial charge in [0.2, 0.25) is 0 Å². The first-order chi connectivity index (χ1) is 7.74. The second kappa shape index (κ2) is 7.01. The van der Waals surface area contributed by atoms with Crippen LogP contribution in [0.5, 0.6) is 0 Å². The van der Waals surface area contributed by atoms with E-state index in [2.05, 4.69) is 17.4 Å². The lowest BCUT2D eigenvalue weighted by Gasteiger charge is -2.12. The summed E-state index contributed by atoms with van der Waals surface area (Å²) in [6, 6.07) is 9.96. The van der Waals surface area contributed by atoms with Crippen LogP contribution in [0.4, 0.5) is 0 Å². The molecule has 1 rings (SSSR count). The quantitative estimate of drug-likeness (QED) is 0.744. The van der Waals surface area contributed by atoms with Crippen molar-refractivity contribution in [3.8, 4) is 0 Å². The van der Waals surface area contributed by atoms with Gasteiger partial charge in [0.1, 0.15) is 6.04 Å². The number of hydrogen-bond acceptors (Lipinski definition) is 3. The van der Waals surface area contributed by atoms with Crippen molar-refractivity contribution in [3.05, 3.63) is 35.9 Å². The van der Waals surface area contributed by atoms with E-state index >= 15 is 0 Å². The number of benzene rings is 1. The van der Waals surface area contributed by atoms with Gasteiger partial charge in [0, 0.05) is 0 Å². The van der Waals surface area contributed by atoms with Crippen molar-refractivity contribution < 1.29 is 9.53 Å². The van der Waals surface area contributed by atoms with Gasteiger partial charge in [-0.2, -0.15) is 0 Å². The zero-order valence-electron chi connectivity index (χ0n) is 9.90. The van der Waals surface area contributed by atoms with Crippen molar-refractivity contribution >= 4 is 5.97 Å². The summed E-state index contributed by atoms with van der Waals surface area (Å²) in [7, 11) is 0. The van der Waals surface area contributed by atoms with Gasteiger partial charge in [-0.05, 0) is 32.4 Å². The van der Waals surface area contributed by atoms with Crippen molar-refractivity contribution in [1.82, 2.24) is 5.32 Å². The molecular weight excluding hydrogens is 202 g/mol. The number of carbonyl (C=O) groups excluding carboxylic acids is 1. The minimum Gasteiger partial charge on any atom is -0.465 e. The fraction of sp³-hybridized carbons (Fsp3) is 0.462. The van der Waals surface area contributed by atoms with Crippen LogP contribution in [-0.2, 0) is 16.0 Å². The minimum atomic E-state index is -0.233. The zero-order chi connectivity index (χ0) is 11.8. The lowest BCUT2D eigenvalue weighted by Crippen LogP contribution is -2.36. The van der Waals surface area contributed by atoms with Gasteiger partial charge in [0.15, 0.2) is 0 Å². The molecular formula is C13H19NO2. The monoisotopic (exact) mass is 221 g/mol. The van der Waals surface area contributed by atoms with Crippen molar-refractivity contribution in [2.75, 3.05) is 13.2 Å². The van der Waals surface area contributed by atoms with Gasteiger partial charge in [0.25, 0.3) is 0 Å². The maximum Gasteiger partial charge on any atom is 0.322 e. The predicted octanol–water partition coefficient (Wildman–Crippen LogP) is 1.77. The standard InChI is InChI=1S/C13H19NO2/c1-3-16-13(15)11(2)14-10-9-12-7-5-4-6-8-12/h4-8,11,14H,3,9-10H2,1-2H3. The normalized spacial score (nSPS) is 12.1. The maximum absolute atomic E-state index is 11.3. The molecule has 0 aliphatic heterocycles. The van der Waals surface area contributed by atoms with Crippen molar-refractivity contribution in [3.63, 3.8) is 0 Å². The second-order valence-electron chi connectivity index (χ2n) is 3.66. The van der Waals surface area contributed by atoms with E-state index in [1.807, 2.05) is 32.0 Å². The molecule has 0 saturated heterocycles. The Morgan fingerprint density at radius 1 is 1.38 bits per heavy atom. The first kappa shape index (κ1) is 12.7. The highest BCUT2D eigenvalue weighted by molar-refractivity contribution is 5.75. The van der Waals surface area contributed by atoms with E-state index in [1.165, 1.54) is 5.56 Å². The largest absolute Gasteiger partial charge is 0.465 e. The third kappa shape index (κ3) is 4.45. The van der Waals surface area contributed by atoms with Crippen LogP contribution in [0.15, 0.2) is 30.3 Å². The Balaban J connectivity index is 2.23. The second-order valence-corrected chi connectivity index (χ2v) is 3.66. The van der Waals surface area contributed by atoms with Crippen LogP contribution >= 0.6 is 0 Å². The Morgan fingerprint density at radius 2 is 2.06 bits per heavy atom. The van der Waals surface area contributed by atoms with Crippen LogP contribution in [-0.4, -0.2) is 25.2 Å². The molecule has 3 heteroatoms. The molecule has 16 heavy (non-hydrogen) atoms. The lowest BCUT2D eigenvalue weighted by atomic mass is 10.1. The topological polar surface area (TPSA) is 38.3 Å². The smallest absolute Gasteiger partial charge is 0.322 e. The van der Waals surface area contributed by atoms with Crippen LogP contribution < -0.4 is 5.32 Å². The van der Waals surface area contributed by atoms with Crippen LogP contribution in [0.1, 0.15) is 19.4 Å². The van der Waals surface area contributed by atoms with Crippen LogP contribution in [0, 0.1) is 0 Å². The molecule has 0 saturated carbocycles. The molecule has 1 unspecified atom stereocenters. The van der Waals surface area contributed by atoms with Gasteiger partial charge in [0.05, 0.1) is 6.61 Å². The molecule has 1 aromatic rings. The molecule has 0 aromatic heterocycles. The highest BCUT2D eigenvalue weighted by Gasteiger charge is 2.11. The summed E-state index contributed by atoms with van der Waals surface area (Å²) in [5.74, 6) is -0.185. The van der Waals surface area contributed by atoms with E-state index in [0.29, 0.717) is 6.61 Å². The molecule has 0 radical (unpaired) electrons. The van der Waals surface area contributed by atoms with E-state index in [1.54, 1.807) is 0 Å². The van der Waals surface area contributed by atoms with Gasteiger partial charge in [-0.1, -0.05) is 30.3 Å². The first-order valence-corrected chi connectivity index (χ1v) is 5.68. The third-order valence-electron chi connectivity index (χ3n) is 2.35. The first-order valence-electron chi connectivity index (χ1n) is 5.68. The van der Waals surface area contributed by atoms with Crippen molar-refractivity contribution in [2.45, 2.75) is 26.3 Å². The molecule has 0 spiro atoms. The maximum atomic E-state index is 11.3. The molecule has 0 fully saturated rings. The van der Waals surface area contributed by atoms with Gasteiger partial charge in [-0.15, -0.1) is 0 Å². The van der Waals surface area contributed by atoms with Crippen LogP contribution in [0.25, 0.3) is 0 Å². The Hall–Kier alpha value is -1.35. The summed E-state index contributed by atoms with van der Waals surface area (Å²) < 4.78 is 4.90. The molecule has 0 amide bonds. The molecule has 1 N–H and O–H groups in total. The molecule has 0 bridgehead atoms. The Labute approximate surface area is 96.8 Å². The number of ether oxygens (including phenoxy) is 1.